The highest BCUT2D eigenvalue weighted by atomic mass is 16.3. The number of amides is 2. The number of phenols is 1. The fourth-order valence-corrected chi connectivity index (χ4v) is 3.00. The van der Waals surface area contributed by atoms with Gasteiger partial charge in [0.2, 0.25) is 5.91 Å². The molecule has 1 fully saturated rings. The lowest BCUT2D eigenvalue weighted by Crippen LogP contribution is -2.24. The molecule has 1 aliphatic rings. The maximum atomic E-state index is 12.3. The summed E-state index contributed by atoms with van der Waals surface area (Å²) in [4.78, 5) is 25.9. The smallest absolute Gasteiger partial charge is 0.271 e. The lowest BCUT2D eigenvalue weighted by Gasteiger charge is -2.16. The molecule has 0 saturated carbocycles. The average molecular weight is 363 g/mol. The maximum Gasteiger partial charge on any atom is 0.271 e. The maximum absolute atomic E-state index is 12.3. The Labute approximate surface area is 157 Å². The molecule has 0 spiro atoms. The summed E-state index contributed by atoms with van der Waals surface area (Å²) in [5.41, 5.74) is 4.82. The molecule has 6 heteroatoms. The van der Waals surface area contributed by atoms with Gasteiger partial charge in [-0.3, -0.25) is 9.59 Å². The van der Waals surface area contributed by atoms with Crippen molar-refractivity contribution < 1.29 is 14.7 Å². The van der Waals surface area contributed by atoms with E-state index in [9.17, 15) is 14.7 Å². The van der Waals surface area contributed by atoms with Gasteiger partial charge < -0.3 is 10.0 Å². The van der Waals surface area contributed by atoms with Crippen LogP contribution in [0.3, 0.4) is 0 Å². The summed E-state index contributed by atoms with van der Waals surface area (Å²) in [7, 11) is 0. The van der Waals surface area contributed by atoms with Crippen LogP contribution in [0.1, 0.15) is 34.3 Å². The summed E-state index contributed by atoms with van der Waals surface area (Å²) in [6.45, 7) is 4.33. The summed E-state index contributed by atoms with van der Waals surface area (Å²) in [6.07, 6.45) is 5.01. The zero-order valence-electron chi connectivity index (χ0n) is 14.9. The normalized spacial score (nSPS) is 13.9. The first-order valence-electron chi connectivity index (χ1n) is 8.75. The van der Waals surface area contributed by atoms with Crippen molar-refractivity contribution in [3.05, 3.63) is 71.8 Å². The second kappa shape index (κ2) is 8.31. The van der Waals surface area contributed by atoms with E-state index in [1.54, 1.807) is 47.4 Å². The number of nitrogens with one attached hydrogen (secondary N) is 1. The van der Waals surface area contributed by atoms with Gasteiger partial charge in [0.25, 0.3) is 5.91 Å². The van der Waals surface area contributed by atoms with Gasteiger partial charge in [-0.15, -0.1) is 6.58 Å². The lowest BCUT2D eigenvalue weighted by molar-refractivity contribution is -0.117. The van der Waals surface area contributed by atoms with Crippen molar-refractivity contribution >= 4 is 23.7 Å². The highest BCUT2D eigenvalue weighted by Gasteiger charge is 2.22. The molecule has 27 heavy (non-hydrogen) atoms. The topological polar surface area (TPSA) is 82.0 Å². The van der Waals surface area contributed by atoms with E-state index in [2.05, 4.69) is 17.1 Å². The SMILES string of the molecule is C=CCc1cccc(/C=N\NC(=O)c2cccc(N3CCCC3=O)c2)c1O. The van der Waals surface area contributed by atoms with Gasteiger partial charge in [0.05, 0.1) is 6.21 Å². The zero-order valence-corrected chi connectivity index (χ0v) is 14.9. The Balaban J connectivity index is 1.69. The molecule has 1 saturated heterocycles. The molecule has 2 aromatic carbocycles. The van der Waals surface area contributed by atoms with E-state index in [1.807, 2.05) is 6.07 Å². The highest BCUT2D eigenvalue weighted by molar-refractivity contribution is 5.99. The Morgan fingerprint density at radius 2 is 2.11 bits per heavy atom. The van der Waals surface area contributed by atoms with Crippen LogP contribution >= 0.6 is 0 Å². The first-order valence-corrected chi connectivity index (χ1v) is 8.75. The number of aromatic hydroxyl groups is 1. The van der Waals surface area contributed by atoms with Crippen molar-refractivity contribution in [3.63, 3.8) is 0 Å². The minimum atomic E-state index is -0.388. The summed E-state index contributed by atoms with van der Waals surface area (Å²) >= 11 is 0. The third-order valence-electron chi connectivity index (χ3n) is 4.38. The summed E-state index contributed by atoms with van der Waals surface area (Å²) < 4.78 is 0. The van der Waals surface area contributed by atoms with Crippen LogP contribution in [0, 0.1) is 0 Å². The van der Waals surface area contributed by atoms with E-state index in [1.165, 1.54) is 6.21 Å². The number of allylic oxidation sites excluding steroid dienone is 1. The van der Waals surface area contributed by atoms with Crippen LogP contribution in [0.15, 0.2) is 60.2 Å². The van der Waals surface area contributed by atoms with Gasteiger partial charge in [0, 0.05) is 29.8 Å². The molecule has 138 valence electrons. The van der Waals surface area contributed by atoms with Crippen LogP contribution in [0.25, 0.3) is 0 Å². The molecule has 0 aliphatic carbocycles. The van der Waals surface area contributed by atoms with Gasteiger partial charge in [-0.2, -0.15) is 5.10 Å². The number of hydrogen-bond donors (Lipinski definition) is 2. The van der Waals surface area contributed by atoms with Gasteiger partial charge in [0.1, 0.15) is 5.75 Å². The van der Waals surface area contributed by atoms with E-state index >= 15 is 0 Å². The van der Waals surface area contributed by atoms with Crippen molar-refractivity contribution in [2.75, 3.05) is 11.4 Å². The molecule has 2 aromatic rings. The summed E-state index contributed by atoms with van der Waals surface area (Å²) in [5, 5.41) is 14.1. The number of rotatable bonds is 6. The molecule has 2 N–H and O–H groups in total. The van der Waals surface area contributed by atoms with E-state index < -0.39 is 0 Å². The second-order valence-corrected chi connectivity index (χ2v) is 6.25. The van der Waals surface area contributed by atoms with Crippen LogP contribution in [0.5, 0.6) is 5.75 Å². The molecule has 0 unspecified atom stereocenters. The number of carbonyl (C=O) groups excluding carboxylic acids is 2. The third-order valence-corrected chi connectivity index (χ3v) is 4.38. The molecule has 6 nitrogen and oxygen atoms in total. The monoisotopic (exact) mass is 363 g/mol. The average Bonchev–Trinajstić information content (AvgIpc) is 3.11. The van der Waals surface area contributed by atoms with Crippen LogP contribution in [0.2, 0.25) is 0 Å². The minimum absolute atomic E-state index is 0.0699. The quantitative estimate of drug-likeness (QED) is 0.470. The molecule has 0 aromatic heterocycles. The number of hydrogen-bond acceptors (Lipinski definition) is 4. The van der Waals surface area contributed by atoms with Crippen LogP contribution in [0.4, 0.5) is 5.69 Å². The van der Waals surface area contributed by atoms with Crippen molar-refractivity contribution in [3.8, 4) is 5.75 Å². The number of para-hydroxylation sites is 1. The number of benzene rings is 2. The number of phenolic OH excluding ortho intramolecular Hbond substituents is 1. The molecule has 0 atom stereocenters. The fourth-order valence-electron chi connectivity index (χ4n) is 3.00. The third kappa shape index (κ3) is 4.23. The Morgan fingerprint density at radius 1 is 1.30 bits per heavy atom. The Bertz CT molecular complexity index is 905. The van der Waals surface area contributed by atoms with Gasteiger partial charge >= 0.3 is 0 Å². The van der Waals surface area contributed by atoms with Gasteiger partial charge in [-0.05, 0) is 42.7 Å². The van der Waals surface area contributed by atoms with Crippen molar-refractivity contribution in [2.45, 2.75) is 19.3 Å². The first kappa shape index (κ1) is 18.4. The van der Waals surface area contributed by atoms with Crippen molar-refractivity contribution in [1.82, 2.24) is 5.43 Å². The van der Waals surface area contributed by atoms with Crippen molar-refractivity contribution in [2.24, 2.45) is 5.10 Å². The number of anilines is 1. The van der Waals surface area contributed by atoms with Crippen LogP contribution in [-0.2, 0) is 11.2 Å². The first-order chi connectivity index (χ1) is 13.1. The number of carbonyl (C=O) groups is 2. The van der Waals surface area contributed by atoms with Gasteiger partial charge in [0.15, 0.2) is 0 Å². The predicted octanol–water partition coefficient (Wildman–Crippen LogP) is 3.01. The van der Waals surface area contributed by atoms with Gasteiger partial charge in [-0.25, -0.2) is 5.43 Å². The standard InChI is InChI=1S/C21H21N3O3/c1-2-6-15-7-3-9-17(20(15)26)14-22-23-21(27)16-8-4-10-18(13-16)24-12-5-11-19(24)25/h2-4,7-10,13-14,26H,1,5-6,11-12H2,(H,23,27)/b22-14-. The molecule has 0 bridgehead atoms. The second-order valence-electron chi connectivity index (χ2n) is 6.25. The Kier molecular flexibility index (Phi) is 5.66. The molecule has 1 aliphatic heterocycles. The van der Waals surface area contributed by atoms with E-state index in [4.69, 9.17) is 0 Å². The van der Waals surface area contributed by atoms with E-state index in [0.717, 1.165) is 12.0 Å². The zero-order chi connectivity index (χ0) is 19.2. The highest BCUT2D eigenvalue weighted by Crippen LogP contribution is 2.23. The predicted molar refractivity (Wildman–Crippen MR) is 105 cm³/mol. The molecular formula is C21H21N3O3. The number of nitrogens with zero attached hydrogens (tertiary/aromatic N) is 2. The van der Waals surface area contributed by atoms with E-state index in [-0.39, 0.29) is 17.6 Å². The lowest BCUT2D eigenvalue weighted by atomic mass is 10.1. The largest absolute Gasteiger partial charge is 0.507 e. The molecule has 3 rings (SSSR count). The minimum Gasteiger partial charge on any atom is -0.507 e. The molecule has 0 radical (unpaired) electrons. The summed E-state index contributed by atoms with van der Waals surface area (Å²) in [6, 6.07) is 12.2. The van der Waals surface area contributed by atoms with Crippen LogP contribution < -0.4 is 10.3 Å². The van der Waals surface area contributed by atoms with E-state index in [0.29, 0.717) is 36.2 Å². The number of hydrazone groups is 1. The molecule has 1 heterocycles. The summed E-state index contributed by atoms with van der Waals surface area (Å²) in [5.74, 6) is -0.202. The van der Waals surface area contributed by atoms with Gasteiger partial charge in [-0.1, -0.05) is 24.3 Å². The Hall–Kier alpha value is -3.41. The molecule has 2 amide bonds. The molecular weight excluding hydrogens is 342 g/mol. The van der Waals surface area contributed by atoms with Crippen LogP contribution in [-0.4, -0.2) is 29.7 Å². The Morgan fingerprint density at radius 3 is 2.85 bits per heavy atom. The van der Waals surface area contributed by atoms with Crippen molar-refractivity contribution in [1.29, 1.82) is 0 Å². The fraction of sp³-hybridized carbons (Fsp3) is 0.190.